The lowest BCUT2D eigenvalue weighted by molar-refractivity contribution is -0.115. The maximum Gasteiger partial charge on any atom is 0.162 e. The fraction of sp³-hybridized carbons (Fsp3) is 0.611. The van der Waals surface area contributed by atoms with Gasteiger partial charge in [-0.15, -0.1) is 0 Å². The molecule has 2 radical (unpaired) electrons. The van der Waals surface area contributed by atoms with Crippen molar-refractivity contribution in [1.29, 1.82) is 0 Å². The van der Waals surface area contributed by atoms with Gasteiger partial charge in [-0.3, -0.25) is 4.79 Å². The molecular weight excluding hydrogens is 273 g/mol. The van der Waals surface area contributed by atoms with Crippen LogP contribution >= 0.6 is 0 Å². The topological polar surface area (TPSA) is 63.3 Å². The smallest absolute Gasteiger partial charge is 0.162 e. The Morgan fingerprint density at radius 2 is 1.59 bits per heavy atom. The molecule has 0 aromatic carbocycles. The highest BCUT2D eigenvalue weighted by atomic mass is 16.3. The number of Topliss-reactive ketones (excluding diaryl/α,β-unsaturated/α-hetero) is 1. The molecule has 0 aromatic rings. The highest BCUT2D eigenvalue weighted by molar-refractivity contribution is 6.24. The molecule has 0 saturated heterocycles. The fourth-order valence-corrected chi connectivity index (χ4v) is 1.07. The van der Waals surface area contributed by atoms with Gasteiger partial charge in [-0.1, -0.05) is 30.1 Å². The van der Waals surface area contributed by atoms with Crippen LogP contribution < -0.4 is 5.73 Å². The summed E-state index contributed by atoms with van der Waals surface area (Å²) < 4.78 is 0. The van der Waals surface area contributed by atoms with Crippen LogP contribution in [0, 0.1) is 0 Å². The van der Waals surface area contributed by atoms with Crippen molar-refractivity contribution < 1.29 is 9.90 Å². The molecule has 3 nitrogen and oxygen atoms in total. The van der Waals surface area contributed by atoms with Gasteiger partial charge in [0.2, 0.25) is 0 Å². The van der Waals surface area contributed by atoms with E-state index in [4.69, 9.17) is 13.6 Å². The van der Waals surface area contributed by atoms with E-state index < -0.39 is 11.1 Å². The molecule has 0 unspecified atom stereocenters. The predicted octanol–water partition coefficient (Wildman–Crippen LogP) is 3.43. The molecule has 0 saturated carbocycles. The summed E-state index contributed by atoms with van der Waals surface area (Å²) in [4.78, 5) is 11.4. The van der Waals surface area contributed by atoms with Crippen molar-refractivity contribution in [3.05, 3.63) is 34.8 Å². The maximum atomic E-state index is 11.4. The lowest BCUT2D eigenvalue weighted by atomic mass is 9.87. The summed E-state index contributed by atoms with van der Waals surface area (Å²) in [6, 6.07) is 0. The standard InChI is InChI=1S/C12H17BO.C6H15NO/c1-5-10(12(14)7-3)8-9(4)11(13)6-2;1-5(2,7)6(3,4)8/h5-6,8H,7H2,1-4H3;8H,7H2,1-4H3/b9-8-,10-5+,11-6+;. The third-order valence-corrected chi connectivity index (χ3v) is 3.67. The zero-order chi connectivity index (χ0) is 18.1. The molecule has 3 N–H and O–H groups in total. The van der Waals surface area contributed by atoms with Gasteiger partial charge in [0.25, 0.3) is 0 Å². The highest BCUT2D eigenvalue weighted by Crippen LogP contribution is 2.16. The Morgan fingerprint density at radius 3 is 1.82 bits per heavy atom. The third kappa shape index (κ3) is 9.01. The Bertz CT molecular complexity index is 435. The first-order valence-corrected chi connectivity index (χ1v) is 7.63. The van der Waals surface area contributed by atoms with Crippen molar-refractivity contribution in [1.82, 2.24) is 0 Å². The van der Waals surface area contributed by atoms with Gasteiger partial charge >= 0.3 is 0 Å². The first kappa shape index (κ1) is 23.1. The Kier molecular flexibility index (Phi) is 10.3. The normalized spacial score (nSPS) is 14.4. The predicted molar refractivity (Wildman–Crippen MR) is 96.9 cm³/mol. The van der Waals surface area contributed by atoms with Crippen LogP contribution in [0.1, 0.15) is 61.8 Å². The van der Waals surface area contributed by atoms with Crippen LogP contribution in [0.25, 0.3) is 0 Å². The molecule has 0 bridgehead atoms. The van der Waals surface area contributed by atoms with Crippen LogP contribution in [0.3, 0.4) is 0 Å². The zero-order valence-electron chi connectivity index (χ0n) is 15.4. The molecule has 0 aliphatic carbocycles. The Morgan fingerprint density at radius 1 is 1.18 bits per heavy atom. The molecule has 4 heteroatoms. The minimum Gasteiger partial charge on any atom is -0.389 e. The fourth-order valence-electron chi connectivity index (χ4n) is 1.07. The average molecular weight is 305 g/mol. The molecule has 124 valence electrons. The molecule has 0 fully saturated rings. The van der Waals surface area contributed by atoms with E-state index >= 15 is 0 Å². The number of rotatable bonds is 5. The molecule has 0 aromatic heterocycles. The van der Waals surface area contributed by atoms with E-state index in [0.717, 1.165) is 11.1 Å². The summed E-state index contributed by atoms with van der Waals surface area (Å²) >= 11 is 0. The Labute approximate surface area is 137 Å². The van der Waals surface area contributed by atoms with Gasteiger partial charge in [0.1, 0.15) is 7.85 Å². The minimum atomic E-state index is -0.785. The molecule has 0 spiro atoms. The van der Waals surface area contributed by atoms with Gasteiger partial charge in [0.15, 0.2) is 5.78 Å². The van der Waals surface area contributed by atoms with Gasteiger partial charge < -0.3 is 10.8 Å². The van der Waals surface area contributed by atoms with Crippen molar-refractivity contribution in [3.8, 4) is 0 Å². The van der Waals surface area contributed by atoms with Crippen LogP contribution in [-0.2, 0) is 4.79 Å². The summed E-state index contributed by atoms with van der Waals surface area (Å²) in [5.74, 6) is 0.149. The maximum absolute atomic E-state index is 11.4. The summed E-state index contributed by atoms with van der Waals surface area (Å²) in [6.45, 7) is 14.5. The summed E-state index contributed by atoms with van der Waals surface area (Å²) in [5.41, 5.74) is 6.65. The molecule has 0 atom stereocenters. The van der Waals surface area contributed by atoms with Crippen molar-refractivity contribution in [2.45, 2.75) is 73.0 Å². The van der Waals surface area contributed by atoms with E-state index in [-0.39, 0.29) is 5.78 Å². The number of carbonyl (C=O) groups excluding carboxylic acids is 1. The van der Waals surface area contributed by atoms with Crippen molar-refractivity contribution >= 4 is 13.6 Å². The Balaban J connectivity index is 0. The number of hydrogen-bond acceptors (Lipinski definition) is 3. The molecule has 22 heavy (non-hydrogen) atoms. The molecule has 0 aliphatic heterocycles. The SMILES string of the molecule is CC(C)(N)C(C)(C)O.[B]C(=C/C)/C(C)=C\C(=C/C)C(=O)CC. The van der Waals surface area contributed by atoms with Crippen LogP contribution in [0.2, 0.25) is 0 Å². The first-order valence-electron chi connectivity index (χ1n) is 7.63. The van der Waals surface area contributed by atoms with Crippen LogP contribution in [0.15, 0.2) is 34.8 Å². The van der Waals surface area contributed by atoms with Gasteiger partial charge in [-0.25, -0.2) is 0 Å². The number of nitrogens with two attached hydrogens (primary N) is 1. The third-order valence-electron chi connectivity index (χ3n) is 3.67. The van der Waals surface area contributed by atoms with Crippen molar-refractivity contribution in [2.24, 2.45) is 5.73 Å². The van der Waals surface area contributed by atoms with Gasteiger partial charge in [-0.2, -0.15) is 0 Å². The lowest BCUT2D eigenvalue weighted by Crippen LogP contribution is -2.52. The number of allylic oxidation sites excluding steroid dienone is 6. The van der Waals surface area contributed by atoms with E-state index in [0.29, 0.717) is 11.9 Å². The van der Waals surface area contributed by atoms with Crippen molar-refractivity contribution in [3.63, 3.8) is 0 Å². The quantitative estimate of drug-likeness (QED) is 0.465. The highest BCUT2D eigenvalue weighted by Gasteiger charge is 2.30. The number of ketones is 1. The first-order chi connectivity index (χ1) is 9.81. The number of carbonyl (C=O) groups is 1. The van der Waals surface area contributed by atoms with Crippen molar-refractivity contribution in [2.75, 3.05) is 0 Å². The van der Waals surface area contributed by atoms with Crippen LogP contribution in [-0.4, -0.2) is 29.9 Å². The van der Waals surface area contributed by atoms with Gasteiger partial charge in [-0.05, 0) is 54.5 Å². The molecule has 0 aliphatic rings. The summed E-state index contributed by atoms with van der Waals surface area (Å²) in [7, 11) is 5.72. The molecule has 0 rings (SSSR count). The van der Waals surface area contributed by atoms with Gasteiger partial charge in [0, 0.05) is 17.5 Å². The van der Waals surface area contributed by atoms with E-state index in [1.54, 1.807) is 27.7 Å². The van der Waals surface area contributed by atoms with Gasteiger partial charge in [0.05, 0.1) is 5.60 Å². The second-order valence-corrected chi connectivity index (χ2v) is 6.37. The van der Waals surface area contributed by atoms with Crippen LogP contribution in [0.4, 0.5) is 0 Å². The van der Waals surface area contributed by atoms with E-state index in [1.807, 2.05) is 45.9 Å². The van der Waals surface area contributed by atoms with E-state index in [9.17, 15) is 9.90 Å². The molecular formula is C18H32BNO2. The Hall–Kier alpha value is -1.13. The van der Waals surface area contributed by atoms with E-state index in [2.05, 4.69) is 0 Å². The monoisotopic (exact) mass is 305 g/mol. The number of hydrogen-bond donors (Lipinski definition) is 2. The minimum absolute atomic E-state index is 0.149. The molecule has 0 heterocycles. The average Bonchev–Trinajstić information content (AvgIpc) is 2.41. The second kappa shape index (κ2) is 9.80. The number of aliphatic hydroxyl groups is 1. The second-order valence-electron chi connectivity index (χ2n) is 6.37. The summed E-state index contributed by atoms with van der Waals surface area (Å²) in [6.07, 6.45) is 6.01. The summed E-state index contributed by atoms with van der Waals surface area (Å²) in [5, 5.41) is 9.23. The largest absolute Gasteiger partial charge is 0.389 e. The van der Waals surface area contributed by atoms with Crippen LogP contribution in [0.5, 0.6) is 0 Å². The lowest BCUT2D eigenvalue weighted by Gasteiger charge is -2.32. The molecule has 0 amide bonds. The van der Waals surface area contributed by atoms with E-state index in [1.165, 1.54) is 0 Å². The zero-order valence-corrected chi connectivity index (χ0v) is 15.4.